The van der Waals surface area contributed by atoms with Gasteiger partial charge in [0.15, 0.2) is 5.71 Å². The van der Waals surface area contributed by atoms with Crippen molar-refractivity contribution in [3.05, 3.63) is 10.1 Å². The summed E-state index contributed by atoms with van der Waals surface area (Å²) in [5.41, 5.74) is 2.09. The van der Waals surface area contributed by atoms with Gasteiger partial charge in [-0.15, -0.1) is 10.1 Å². The van der Waals surface area contributed by atoms with Crippen molar-refractivity contribution < 1.29 is 15.7 Å². The highest BCUT2D eigenvalue weighted by atomic mass is 16.9. The van der Waals surface area contributed by atoms with E-state index in [2.05, 4.69) is 20.8 Å². The van der Waals surface area contributed by atoms with Crippen LogP contribution in [0.3, 0.4) is 0 Å². The molecule has 2 saturated carbocycles. The molecule has 86 valence electrons. The molecule has 0 spiro atoms. The molecular weight excluding hydrogens is 196 g/mol. The number of hydrogen-bond donors (Lipinski definition) is 2. The highest BCUT2D eigenvalue weighted by Gasteiger charge is 2.62. The highest BCUT2D eigenvalue weighted by molar-refractivity contribution is 5.89. The third kappa shape index (κ3) is 1.70. The van der Waals surface area contributed by atoms with Crippen molar-refractivity contribution in [1.82, 2.24) is 0 Å². The molecule has 0 radical (unpaired) electrons. The van der Waals surface area contributed by atoms with Gasteiger partial charge in [-0.2, -0.15) is 0 Å². The number of nitrogens with two attached hydrogens (primary N) is 1. The fourth-order valence-electron chi connectivity index (χ4n) is 3.02. The van der Waals surface area contributed by atoms with E-state index in [0.717, 1.165) is 5.92 Å². The van der Waals surface area contributed by atoms with Crippen LogP contribution in [0.25, 0.3) is 0 Å². The van der Waals surface area contributed by atoms with E-state index in [1.165, 1.54) is 25.0 Å². The maximum Gasteiger partial charge on any atom is 0.291 e. The molecule has 2 aliphatic rings. The maximum atomic E-state index is 8.36. The van der Waals surface area contributed by atoms with Crippen LogP contribution >= 0.6 is 0 Å². The molecule has 2 unspecified atom stereocenters. The summed E-state index contributed by atoms with van der Waals surface area (Å²) in [6.07, 6.45) is 3.89. The molecule has 0 aromatic rings. The van der Waals surface area contributed by atoms with E-state index < -0.39 is 5.09 Å². The maximum absolute atomic E-state index is 8.36. The van der Waals surface area contributed by atoms with Gasteiger partial charge in [0.1, 0.15) is 0 Å². The van der Waals surface area contributed by atoms with E-state index in [1.54, 1.807) is 0 Å². The molecule has 0 aliphatic heterocycles. The molecule has 0 saturated heterocycles. The van der Waals surface area contributed by atoms with Crippen molar-refractivity contribution in [2.24, 2.45) is 16.7 Å². The zero-order valence-corrected chi connectivity index (χ0v) is 9.49. The van der Waals surface area contributed by atoms with Crippen LogP contribution in [0.4, 0.5) is 0 Å². The second kappa shape index (κ2) is 3.47. The van der Waals surface area contributed by atoms with Crippen LogP contribution in [-0.4, -0.2) is 16.0 Å². The quantitative estimate of drug-likeness (QED) is 0.460. The van der Waals surface area contributed by atoms with Crippen molar-refractivity contribution in [3.63, 3.8) is 0 Å². The number of hydrogen-bond acceptors (Lipinski definition) is 2. The lowest BCUT2D eigenvalue weighted by atomic mass is 9.70. The minimum atomic E-state index is -1.50. The molecular formula is C10H19N2O3+. The molecule has 0 aromatic heterocycles. The van der Waals surface area contributed by atoms with Gasteiger partial charge in [-0.05, 0) is 31.1 Å². The van der Waals surface area contributed by atoms with Crippen LogP contribution in [0.5, 0.6) is 0 Å². The Morgan fingerprint density at radius 3 is 2.13 bits per heavy atom. The van der Waals surface area contributed by atoms with E-state index >= 15 is 0 Å². The summed E-state index contributed by atoms with van der Waals surface area (Å²) >= 11 is 0. The van der Waals surface area contributed by atoms with Crippen molar-refractivity contribution in [1.29, 1.82) is 0 Å². The van der Waals surface area contributed by atoms with Crippen molar-refractivity contribution in [3.8, 4) is 0 Å². The first-order valence-corrected chi connectivity index (χ1v) is 5.17. The van der Waals surface area contributed by atoms with Gasteiger partial charge < -0.3 is 5.21 Å². The summed E-state index contributed by atoms with van der Waals surface area (Å²) in [5, 5.41) is 19.7. The first-order chi connectivity index (χ1) is 6.72. The Hall–Kier alpha value is -1.13. The van der Waals surface area contributed by atoms with Crippen LogP contribution in [-0.2, 0) is 0 Å². The fourth-order valence-corrected chi connectivity index (χ4v) is 3.02. The Morgan fingerprint density at radius 1 is 1.53 bits per heavy atom. The summed E-state index contributed by atoms with van der Waals surface area (Å²) < 4.78 is 0. The fraction of sp³-hybridized carbons (Fsp3) is 0.900. The van der Waals surface area contributed by atoms with Crippen molar-refractivity contribution in [2.45, 2.75) is 40.0 Å². The second-order valence-corrected chi connectivity index (χ2v) is 5.26. The zero-order valence-electron chi connectivity index (χ0n) is 9.49. The molecule has 0 aromatic carbocycles. The van der Waals surface area contributed by atoms with Crippen LogP contribution < -0.4 is 5.41 Å². The van der Waals surface area contributed by atoms with Crippen LogP contribution in [0, 0.1) is 26.9 Å². The highest BCUT2D eigenvalue weighted by Crippen LogP contribution is 2.62. The summed E-state index contributed by atoms with van der Waals surface area (Å²) in [6.45, 7) is 7.10. The predicted octanol–water partition coefficient (Wildman–Crippen LogP) is 0.685. The third-order valence-corrected chi connectivity index (χ3v) is 4.61. The Kier molecular flexibility index (Phi) is 2.76. The Labute approximate surface area is 89.1 Å². The Morgan fingerprint density at radius 2 is 2.00 bits per heavy atom. The van der Waals surface area contributed by atoms with Crippen molar-refractivity contribution >= 4 is 5.71 Å². The lowest BCUT2D eigenvalue weighted by Gasteiger charge is -2.31. The summed E-state index contributed by atoms with van der Waals surface area (Å²) in [7, 11) is 0. The summed E-state index contributed by atoms with van der Waals surface area (Å²) in [6, 6.07) is 0. The first kappa shape index (κ1) is 11.9. The predicted molar refractivity (Wildman–Crippen MR) is 54.9 cm³/mol. The largest absolute Gasteiger partial charge is 0.328 e. The van der Waals surface area contributed by atoms with Gasteiger partial charge in [0.2, 0.25) is 0 Å². The normalized spacial score (nSPS) is 35.9. The molecule has 0 heterocycles. The molecule has 2 atom stereocenters. The van der Waals surface area contributed by atoms with E-state index in [-0.39, 0.29) is 0 Å². The molecule has 5 nitrogen and oxygen atoms in total. The summed E-state index contributed by atoms with van der Waals surface area (Å²) in [5.74, 6) is 0.868. The molecule has 2 fully saturated rings. The minimum absolute atomic E-state index is 0.359. The molecule has 0 amide bonds. The lowest BCUT2D eigenvalue weighted by Crippen LogP contribution is -2.49. The van der Waals surface area contributed by atoms with E-state index in [1.807, 2.05) is 0 Å². The van der Waals surface area contributed by atoms with E-state index in [4.69, 9.17) is 20.7 Å². The average Bonchev–Trinajstić information content (AvgIpc) is 2.36. The molecule has 5 heteroatoms. The smallest absolute Gasteiger partial charge is 0.291 e. The topological polar surface area (TPSA) is 89.0 Å². The standard InChI is InChI=1S/C10H17N.HNO3/c1-9(2)7-4-5-10(9,3)8(11)6-7;2-1(3)4/h7,11H,4-6H2,1-3H3;(H,2,3,4)/p+1. The van der Waals surface area contributed by atoms with E-state index in [9.17, 15) is 0 Å². The second-order valence-electron chi connectivity index (χ2n) is 5.26. The lowest BCUT2D eigenvalue weighted by molar-refractivity contribution is -0.742. The molecule has 2 aliphatic carbocycles. The third-order valence-electron chi connectivity index (χ3n) is 4.61. The Balaban J connectivity index is 0.000000245. The molecule has 2 rings (SSSR count). The van der Waals surface area contributed by atoms with Gasteiger partial charge in [0.25, 0.3) is 5.09 Å². The van der Waals surface area contributed by atoms with E-state index in [0.29, 0.717) is 10.8 Å². The van der Waals surface area contributed by atoms with Gasteiger partial charge in [-0.1, -0.05) is 13.8 Å². The minimum Gasteiger partial charge on any atom is -0.328 e. The molecule has 2 bridgehead atoms. The number of rotatable bonds is 0. The van der Waals surface area contributed by atoms with Crippen molar-refractivity contribution in [2.75, 3.05) is 0 Å². The average molecular weight is 215 g/mol. The van der Waals surface area contributed by atoms with Crippen LogP contribution in [0.15, 0.2) is 0 Å². The van der Waals surface area contributed by atoms with Gasteiger partial charge in [0.05, 0.1) is 5.41 Å². The number of fused-ring (bicyclic) bond motifs is 2. The van der Waals surface area contributed by atoms with Gasteiger partial charge in [0, 0.05) is 6.42 Å². The van der Waals surface area contributed by atoms with Gasteiger partial charge >= 0.3 is 0 Å². The SMILES string of the molecule is CC12CCC(CC1=[NH2+])C2(C)C.O=[N+]([O-])O. The van der Waals surface area contributed by atoms with Crippen LogP contribution in [0.1, 0.15) is 40.0 Å². The Bertz CT molecular complexity index is 297. The first-order valence-electron chi connectivity index (χ1n) is 5.17. The van der Waals surface area contributed by atoms with Gasteiger partial charge in [-0.3, -0.25) is 5.41 Å². The molecule has 15 heavy (non-hydrogen) atoms. The number of nitrogens with zero attached hydrogens (tertiary/aromatic N) is 1. The monoisotopic (exact) mass is 215 g/mol. The molecule has 3 N–H and O–H groups in total. The zero-order chi connectivity index (χ0) is 11.9. The van der Waals surface area contributed by atoms with Crippen LogP contribution in [0.2, 0.25) is 0 Å². The van der Waals surface area contributed by atoms with Gasteiger partial charge in [-0.25, -0.2) is 0 Å². The summed E-state index contributed by atoms with van der Waals surface area (Å²) in [4.78, 5) is 8.36.